The van der Waals surface area contributed by atoms with Crippen molar-refractivity contribution in [3.8, 4) is 0 Å². The van der Waals surface area contributed by atoms with Crippen molar-refractivity contribution in [3.63, 3.8) is 0 Å². The van der Waals surface area contributed by atoms with Gasteiger partial charge in [0.25, 0.3) is 0 Å². The lowest BCUT2D eigenvalue weighted by atomic mass is 10.1. The van der Waals surface area contributed by atoms with Gasteiger partial charge >= 0.3 is 6.18 Å². The Kier molecular flexibility index (Phi) is 4.77. The van der Waals surface area contributed by atoms with Crippen LogP contribution < -0.4 is 10.2 Å². The van der Waals surface area contributed by atoms with E-state index in [1.54, 1.807) is 23.5 Å². The van der Waals surface area contributed by atoms with Gasteiger partial charge in [0.15, 0.2) is 0 Å². The van der Waals surface area contributed by atoms with Gasteiger partial charge in [0.1, 0.15) is 0 Å². The van der Waals surface area contributed by atoms with Crippen molar-refractivity contribution in [1.29, 1.82) is 0 Å². The summed E-state index contributed by atoms with van der Waals surface area (Å²) in [6.45, 7) is 2.00. The van der Waals surface area contributed by atoms with Crippen LogP contribution in [0.5, 0.6) is 0 Å². The van der Waals surface area contributed by atoms with Gasteiger partial charge in [0.2, 0.25) is 11.8 Å². The average molecular weight is 419 g/mol. The van der Waals surface area contributed by atoms with E-state index in [4.69, 9.17) is 0 Å². The van der Waals surface area contributed by atoms with Gasteiger partial charge in [-0.1, -0.05) is 12.1 Å². The number of hydrogen-bond acceptors (Lipinski definition) is 4. The highest BCUT2D eigenvalue weighted by Crippen LogP contribution is 2.35. The monoisotopic (exact) mass is 419 g/mol. The van der Waals surface area contributed by atoms with Crippen LogP contribution in [0.2, 0.25) is 0 Å². The quantitative estimate of drug-likeness (QED) is 0.674. The summed E-state index contributed by atoms with van der Waals surface area (Å²) in [6.07, 6.45) is -4.64. The summed E-state index contributed by atoms with van der Waals surface area (Å²) in [5.41, 5.74) is 0.165. The number of rotatable bonds is 3. The summed E-state index contributed by atoms with van der Waals surface area (Å²) in [4.78, 5) is 30.9. The van der Waals surface area contributed by atoms with Gasteiger partial charge in [-0.15, -0.1) is 11.3 Å². The highest BCUT2D eigenvalue weighted by Gasteiger charge is 2.37. The van der Waals surface area contributed by atoms with Crippen molar-refractivity contribution in [2.45, 2.75) is 19.5 Å². The number of para-hydroxylation sites is 1. The maximum Gasteiger partial charge on any atom is 0.418 e. The first-order chi connectivity index (χ1) is 13.7. The minimum Gasteiger partial charge on any atom is -0.325 e. The summed E-state index contributed by atoms with van der Waals surface area (Å²) < 4.78 is 40.4. The highest BCUT2D eigenvalue weighted by molar-refractivity contribution is 7.18. The van der Waals surface area contributed by atoms with Crippen LogP contribution in [-0.2, 0) is 15.8 Å². The van der Waals surface area contributed by atoms with E-state index in [-0.39, 0.29) is 24.6 Å². The standard InChI is InChI=1S/C20H16F3N3O2S/c1-11-24-16-9-13(6-7-17(16)29-11)26-10-12(8-18(26)27)19(28)25-15-5-3-2-4-14(15)20(21,22)23/h2-7,9,12H,8,10H2,1H3,(H,25,28). The van der Waals surface area contributed by atoms with Crippen molar-refractivity contribution in [2.75, 3.05) is 16.8 Å². The van der Waals surface area contributed by atoms with Gasteiger partial charge in [-0.3, -0.25) is 9.59 Å². The fourth-order valence-electron chi connectivity index (χ4n) is 3.41. The molecular formula is C20H16F3N3O2S. The Morgan fingerprint density at radius 1 is 1.24 bits per heavy atom. The summed E-state index contributed by atoms with van der Waals surface area (Å²) in [5.74, 6) is -1.60. The molecule has 29 heavy (non-hydrogen) atoms. The lowest BCUT2D eigenvalue weighted by molar-refractivity contribution is -0.137. The molecule has 2 heterocycles. The first kappa shape index (κ1) is 19.4. The number of nitrogens with zero attached hydrogens (tertiary/aromatic N) is 2. The van der Waals surface area contributed by atoms with E-state index in [1.807, 2.05) is 13.0 Å². The maximum atomic E-state index is 13.1. The van der Waals surface area contributed by atoms with Crippen LogP contribution in [-0.4, -0.2) is 23.3 Å². The zero-order chi connectivity index (χ0) is 20.8. The molecule has 2 aromatic carbocycles. The highest BCUT2D eigenvalue weighted by atomic mass is 32.1. The summed E-state index contributed by atoms with van der Waals surface area (Å²) in [6, 6.07) is 10.2. The van der Waals surface area contributed by atoms with Gasteiger partial charge in [-0.25, -0.2) is 4.98 Å². The number of aryl methyl sites for hydroxylation is 1. The number of carbonyl (C=O) groups is 2. The van der Waals surface area contributed by atoms with Gasteiger partial charge in [0, 0.05) is 18.7 Å². The molecule has 4 rings (SSSR count). The normalized spacial score (nSPS) is 17.2. The molecule has 0 radical (unpaired) electrons. The number of carbonyl (C=O) groups excluding carboxylic acids is 2. The third kappa shape index (κ3) is 3.82. The number of halogens is 3. The minimum absolute atomic E-state index is 0.0614. The second kappa shape index (κ2) is 7.14. The number of fused-ring (bicyclic) bond motifs is 1. The number of thiazole rings is 1. The Balaban J connectivity index is 1.52. The lowest BCUT2D eigenvalue weighted by Crippen LogP contribution is -2.28. The Morgan fingerprint density at radius 2 is 2.00 bits per heavy atom. The van der Waals surface area contributed by atoms with Crippen molar-refractivity contribution >= 4 is 44.7 Å². The zero-order valence-corrected chi connectivity index (χ0v) is 16.1. The van der Waals surface area contributed by atoms with E-state index < -0.39 is 23.6 Å². The van der Waals surface area contributed by atoms with Crippen molar-refractivity contribution in [1.82, 2.24) is 4.98 Å². The molecule has 1 saturated heterocycles. The molecule has 1 aliphatic heterocycles. The summed E-state index contributed by atoms with van der Waals surface area (Å²) >= 11 is 1.54. The number of alkyl halides is 3. The Bertz CT molecular complexity index is 1110. The maximum absolute atomic E-state index is 13.1. The molecule has 0 bridgehead atoms. The van der Waals surface area contributed by atoms with Crippen LogP contribution in [0.3, 0.4) is 0 Å². The van der Waals surface area contributed by atoms with Crippen LogP contribution in [0.1, 0.15) is 17.0 Å². The lowest BCUT2D eigenvalue weighted by Gasteiger charge is -2.18. The molecule has 1 aliphatic rings. The van der Waals surface area contributed by atoms with Gasteiger partial charge in [0.05, 0.1) is 32.4 Å². The SMILES string of the molecule is Cc1nc2cc(N3CC(C(=O)Nc4ccccc4C(F)(F)F)CC3=O)ccc2s1. The molecule has 5 nitrogen and oxygen atoms in total. The molecule has 1 fully saturated rings. The third-order valence-corrected chi connectivity index (χ3v) is 5.73. The topological polar surface area (TPSA) is 62.3 Å². The molecule has 1 unspecified atom stereocenters. The number of anilines is 2. The molecule has 1 atom stereocenters. The van der Waals surface area contributed by atoms with E-state index in [9.17, 15) is 22.8 Å². The molecule has 0 aliphatic carbocycles. The van der Waals surface area contributed by atoms with Gasteiger partial charge in [-0.2, -0.15) is 13.2 Å². The molecule has 150 valence electrons. The second-order valence-electron chi connectivity index (χ2n) is 6.82. The molecule has 2 amide bonds. The number of benzene rings is 2. The first-order valence-electron chi connectivity index (χ1n) is 8.87. The molecule has 1 aromatic heterocycles. The van der Waals surface area contributed by atoms with Crippen LogP contribution in [0.25, 0.3) is 10.2 Å². The minimum atomic E-state index is -4.58. The second-order valence-corrected chi connectivity index (χ2v) is 8.06. The number of amides is 2. The Hall–Kier alpha value is -2.94. The molecule has 0 spiro atoms. The van der Waals surface area contributed by atoms with Gasteiger partial charge < -0.3 is 10.2 Å². The van der Waals surface area contributed by atoms with Crippen molar-refractivity contribution in [3.05, 3.63) is 53.0 Å². The fourth-order valence-corrected chi connectivity index (χ4v) is 4.21. The molecule has 9 heteroatoms. The predicted octanol–water partition coefficient (Wildman–Crippen LogP) is 4.62. The van der Waals surface area contributed by atoms with Crippen molar-refractivity contribution < 1.29 is 22.8 Å². The van der Waals surface area contributed by atoms with Crippen molar-refractivity contribution in [2.24, 2.45) is 5.92 Å². The van der Waals surface area contributed by atoms with Crippen LogP contribution in [0.15, 0.2) is 42.5 Å². The number of aromatic nitrogens is 1. The molecule has 3 aromatic rings. The molecular weight excluding hydrogens is 403 g/mol. The number of nitrogens with one attached hydrogen (secondary N) is 1. The smallest absolute Gasteiger partial charge is 0.325 e. The van der Waals surface area contributed by atoms with Crippen LogP contribution >= 0.6 is 11.3 Å². The van der Waals surface area contributed by atoms with E-state index in [0.717, 1.165) is 21.3 Å². The van der Waals surface area contributed by atoms with E-state index in [2.05, 4.69) is 10.3 Å². The summed E-state index contributed by atoms with van der Waals surface area (Å²) in [7, 11) is 0. The van der Waals surface area contributed by atoms with E-state index >= 15 is 0 Å². The predicted molar refractivity (Wildman–Crippen MR) is 105 cm³/mol. The van der Waals surface area contributed by atoms with E-state index in [0.29, 0.717) is 5.69 Å². The fraction of sp³-hybridized carbons (Fsp3) is 0.250. The third-order valence-electron chi connectivity index (χ3n) is 4.78. The Labute approximate surface area is 168 Å². The number of hydrogen-bond donors (Lipinski definition) is 1. The Morgan fingerprint density at radius 3 is 2.76 bits per heavy atom. The van der Waals surface area contributed by atoms with Crippen LogP contribution in [0, 0.1) is 12.8 Å². The first-order valence-corrected chi connectivity index (χ1v) is 9.68. The summed E-state index contributed by atoms with van der Waals surface area (Å²) in [5, 5.41) is 3.24. The van der Waals surface area contributed by atoms with Crippen LogP contribution in [0.4, 0.5) is 24.5 Å². The van der Waals surface area contributed by atoms with Gasteiger partial charge in [-0.05, 0) is 37.3 Å². The largest absolute Gasteiger partial charge is 0.418 e. The average Bonchev–Trinajstić information content (AvgIpc) is 3.22. The molecule has 1 N–H and O–H groups in total. The van der Waals surface area contributed by atoms with E-state index in [1.165, 1.54) is 23.1 Å². The molecule has 0 saturated carbocycles. The zero-order valence-electron chi connectivity index (χ0n) is 15.3.